The molecule has 0 atom stereocenters. The van der Waals surface area contributed by atoms with E-state index in [4.69, 9.17) is 28.1 Å². The van der Waals surface area contributed by atoms with Crippen molar-refractivity contribution in [3.8, 4) is 0 Å². The van der Waals surface area contributed by atoms with Crippen molar-refractivity contribution in [1.29, 1.82) is 5.41 Å². The Bertz CT molecular complexity index is 666. The molecule has 7 heteroatoms. The first-order valence-corrected chi connectivity index (χ1v) is 8.47. The van der Waals surface area contributed by atoms with Crippen LogP contribution in [-0.4, -0.2) is 40.7 Å². The van der Waals surface area contributed by atoms with Crippen LogP contribution in [0.5, 0.6) is 0 Å². The molecule has 0 aliphatic heterocycles. The Labute approximate surface area is 153 Å². The van der Waals surface area contributed by atoms with Crippen molar-refractivity contribution < 1.29 is 4.74 Å². The van der Waals surface area contributed by atoms with Crippen molar-refractivity contribution >= 4 is 23.3 Å². The molecule has 0 fully saturated rings. The predicted molar refractivity (Wildman–Crippen MR) is 103 cm³/mol. The summed E-state index contributed by atoms with van der Waals surface area (Å²) in [5.74, 6) is -0.0724. The number of guanidine groups is 1. The van der Waals surface area contributed by atoms with E-state index in [1.54, 1.807) is 17.3 Å². The summed E-state index contributed by atoms with van der Waals surface area (Å²) in [6.45, 7) is 2.18. The fourth-order valence-corrected chi connectivity index (χ4v) is 2.50. The van der Waals surface area contributed by atoms with Crippen LogP contribution in [0.15, 0.2) is 54.9 Å². The molecule has 1 heterocycles. The summed E-state index contributed by atoms with van der Waals surface area (Å²) < 4.78 is 5.61. The molecule has 0 radical (unpaired) electrons. The summed E-state index contributed by atoms with van der Waals surface area (Å²) >= 11 is 5.34. The number of thiocarbonyl (C=S) groups is 1. The summed E-state index contributed by atoms with van der Waals surface area (Å²) in [5.41, 5.74) is 7.90. The van der Waals surface area contributed by atoms with Gasteiger partial charge in [-0.25, -0.2) is 0 Å². The zero-order valence-corrected chi connectivity index (χ0v) is 14.8. The third-order valence-corrected chi connectivity index (χ3v) is 3.91. The van der Waals surface area contributed by atoms with Crippen LogP contribution in [0.3, 0.4) is 0 Å². The number of nitrogens with one attached hydrogen (secondary N) is 2. The minimum Gasteiger partial charge on any atom is -0.375 e. The molecule has 0 bridgehead atoms. The van der Waals surface area contributed by atoms with Gasteiger partial charge in [-0.1, -0.05) is 30.3 Å². The smallest absolute Gasteiger partial charge is 0.194 e. The standard InChI is InChI=1S/C18H23N5OS/c19-17(20)23(12-8-15-6-9-21-10-7-15)18(25)22-11-13-24-14-16-4-2-1-3-5-16/h1-7,9-10H,8,11-14H2,(H3,19,20)(H,22,25). The zero-order chi connectivity index (χ0) is 17.9. The minimum absolute atomic E-state index is 0.0724. The molecule has 6 nitrogen and oxygen atoms in total. The number of hydrogen-bond donors (Lipinski definition) is 3. The quantitative estimate of drug-likeness (QED) is 0.290. The van der Waals surface area contributed by atoms with Crippen LogP contribution in [0.1, 0.15) is 11.1 Å². The van der Waals surface area contributed by atoms with Crippen LogP contribution in [-0.2, 0) is 17.8 Å². The summed E-state index contributed by atoms with van der Waals surface area (Å²) in [4.78, 5) is 5.57. The Hall–Kier alpha value is -2.51. The number of ether oxygens (including phenoxy) is 1. The number of rotatable bonds is 8. The Morgan fingerprint density at radius 3 is 2.56 bits per heavy atom. The van der Waals surface area contributed by atoms with Crippen LogP contribution in [0.4, 0.5) is 0 Å². The molecular formula is C18H23N5OS. The Kier molecular flexibility index (Phi) is 7.81. The van der Waals surface area contributed by atoms with Gasteiger partial charge in [0.05, 0.1) is 13.2 Å². The number of nitrogens with zero attached hydrogens (tertiary/aromatic N) is 2. The molecule has 1 aromatic carbocycles. The van der Waals surface area contributed by atoms with E-state index < -0.39 is 0 Å². The Morgan fingerprint density at radius 1 is 1.16 bits per heavy atom. The average molecular weight is 357 g/mol. The molecule has 0 unspecified atom stereocenters. The molecule has 0 saturated heterocycles. The summed E-state index contributed by atoms with van der Waals surface area (Å²) in [6.07, 6.45) is 4.22. The number of benzene rings is 1. The van der Waals surface area contributed by atoms with E-state index in [1.165, 1.54) is 0 Å². The second kappa shape index (κ2) is 10.4. The number of aromatic nitrogens is 1. The van der Waals surface area contributed by atoms with Gasteiger partial charge in [-0.05, 0) is 41.9 Å². The average Bonchev–Trinajstić information content (AvgIpc) is 2.63. The molecule has 0 amide bonds. The number of pyridine rings is 1. The van der Waals surface area contributed by atoms with Crippen LogP contribution in [0.2, 0.25) is 0 Å². The first-order chi connectivity index (χ1) is 12.2. The van der Waals surface area contributed by atoms with Gasteiger partial charge in [-0.3, -0.25) is 15.3 Å². The van der Waals surface area contributed by atoms with Gasteiger partial charge in [-0.2, -0.15) is 0 Å². The first-order valence-electron chi connectivity index (χ1n) is 8.07. The van der Waals surface area contributed by atoms with Gasteiger partial charge >= 0.3 is 0 Å². The van der Waals surface area contributed by atoms with E-state index in [0.717, 1.165) is 17.5 Å². The van der Waals surface area contributed by atoms with Gasteiger partial charge in [0, 0.05) is 25.5 Å². The highest BCUT2D eigenvalue weighted by Gasteiger charge is 2.12. The molecular weight excluding hydrogens is 334 g/mol. The molecule has 0 saturated carbocycles. The maximum atomic E-state index is 7.71. The molecule has 0 aliphatic rings. The number of nitrogens with two attached hydrogens (primary N) is 1. The van der Waals surface area contributed by atoms with E-state index in [1.807, 2.05) is 42.5 Å². The molecule has 0 aliphatic carbocycles. The van der Waals surface area contributed by atoms with Crippen molar-refractivity contribution in [3.63, 3.8) is 0 Å². The van der Waals surface area contributed by atoms with Crippen molar-refractivity contribution in [3.05, 3.63) is 66.0 Å². The van der Waals surface area contributed by atoms with E-state index in [-0.39, 0.29) is 5.96 Å². The first kappa shape index (κ1) is 18.8. The lowest BCUT2D eigenvalue weighted by Gasteiger charge is -2.24. The summed E-state index contributed by atoms with van der Waals surface area (Å²) in [7, 11) is 0. The zero-order valence-electron chi connectivity index (χ0n) is 14.0. The second-order valence-corrected chi connectivity index (χ2v) is 5.80. The van der Waals surface area contributed by atoms with Crippen molar-refractivity contribution in [2.75, 3.05) is 19.7 Å². The van der Waals surface area contributed by atoms with Crippen LogP contribution >= 0.6 is 12.2 Å². The fourth-order valence-electron chi connectivity index (χ4n) is 2.21. The van der Waals surface area contributed by atoms with Crippen molar-refractivity contribution in [1.82, 2.24) is 15.2 Å². The highest BCUT2D eigenvalue weighted by Crippen LogP contribution is 2.01. The van der Waals surface area contributed by atoms with E-state index >= 15 is 0 Å². The largest absolute Gasteiger partial charge is 0.375 e. The highest BCUT2D eigenvalue weighted by molar-refractivity contribution is 7.80. The number of hydrogen-bond acceptors (Lipinski definition) is 4. The van der Waals surface area contributed by atoms with Crippen LogP contribution in [0.25, 0.3) is 0 Å². The van der Waals surface area contributed by atoms with Crippen LogP contribution in [0, 0.1) is 5.41 Å². The van der Waals surface area contributed by atoms with Crippen molar-refractivity contribution in [2.45, 2.75) is 13.0 Å². The lowest BCUT2D eigenvalue weighted by atomic mass is 10.2. The molecule has 2 rings (SSSR count). The molecule has 0 spiro atoms. The topological polar surface area (TPSA) is 87.3 Å². The highest BCUT2D eigenvalue weighted by atomic mass is 32.1. The van der Waals surface area contributed by atoms with E-state index in [0.29, 0.717) is 31.4 Å². The minimum atomic E-state index is -0.0724. The molecule has 1 aromatic heterocycles. The molecule has 2 aromatic rings. The second-order valence-electron chi connectivity index (χ2n) is 5.41. The third-order valence-electron chi connectivity index (χ3n) is 3.54. The summed E-state index contributed by atoms with van der Waals surface area (Å²) in [6, 6.07) is 13.9. The molecule has 25 heavy (non-hydrogen) atoms. The maximum Gasteiger partial charge on any atom is 0.194 e. The Morgan fingerprint density at radius 2 is 1.88 bits per heavy atom. The SMILES string of the molecule is N=C(N)N(CCc1ccncc1)C(=S)NCCOCc1ccccc1. The van der Waals surface area contributed by atoms with E-state index in [2.05, 4.69) is 10.3 Å². The monoisotopic (exact) mass is 357 g/mol. The van der Waals surface area contributed by atoms with E-state index in [9.17, 15) is 0 Å². The van der Waals surface area contributed by atoms with Crippen molar-refractivity contribution in [2.24, 2.45) is 5.73 Å². The summed E-state index contributed by atoms with van der Waals surface area (Å²) in [5, 5.41) is 11.2. The lowest BCUT2D eigenvalue weighted by Crippen LogP contribution is -2.48. The molecule has 132 valence electrons. The maximum absolute atomic E-state index is 7.71. The van der Waals surface area contributed by atoms with Gasteiger partial charge in [0.15, 0.2) is 11.1 Å². The van der Waals surface area contributed by atoms with Crippen LogP contribution < -0.4 is 11.1 Å². The third kappa shape index (κ3) is 6.86. The molecule has 4 N–H and O–H groups in total. The fraction of sp³-hybridized carbons (Fsp3) is 0.278. The predicted octanol–water partition coefficient (Wildman–Crippen LogP) is 1.91. The Balaban J connectivity index is 1.70. The van der Waals surface area contributed by atoms with Gasteiger partial charge in [-0.15, -0.1) is 0 Å². The normalized spacial score (nSPS) is 10.2. The van der Waals surface area contributed by atoms with Gasteiger partial charge in [0.1, 0.15) is 0 Å². The lowest BCUT2D eigenvalue weighted by molar-refractivity contribution is 0.125. The van der Waals surface area contributed by atoms with Gasteiger partial charge in [0.25, 0.3) is 0 Å². The van der Waals surface area contributed by atoms with Gasteiger partial charge in [0.2, 0.25) is 0 Å². The van der Waals surface area contributed by atoms with Gasteiger partial charge < -0.3 is 15.8 Å².